The number of carbonyl (C=O) groups is 1. The smallest absolute Gasteiger partial charge is 0.262 e. The molecule has 8 heteroatoms. The molecule has 2 heterocycles. The molecule has 148 valence electrons. The molecule has 2 N–H and O–H groups in total. The lowest BCUT2D eigenvalue weighted by Crippen LogP contribution is -2.20. The van der Waals surface area contributed by atoms with E-state index in [9.17, 15) is 4.79 Å². The molecule has 0 radical (unpaired) electrons. The first kappa shape index (κ1) is 18.7. The highest BCUT2D eigenvalue weighted by Gasteiger charge is 2.10. The van der Waals surface area contributed by atoms with Gasteiger partial charge in [0.2, 0.25) is 0 Å². The third kappa shape index (κ3) is 4.27. The number of H-pyrrole nitrogens is 1. The van der Waals surface area contributed by atoms with Crippen LogP contribution in [0.3, 0.4) is 0 Å². The normalized spacial score (nSPS) is 10.9. The summed E-state index contributed by atoms with van der Waals surface area (Å²) >= 11 is 0. The number of nitrogens with zero attached hydrogens (tertiary/aromatic N) is 3. The van der Waals surface area contributed by atoms with E-state index < -0.39 is 0 Å². The largest absolute Gasteiger partial charge is 0.483 e. The van der Waals surface area contributed by atoms with E-state index >= 15 is 0 Å². The zero-order chi connectivity index (χ0) is 20.1. The Balaban J connectivity index is 1.41. The van der Waals surface area contributed by atoms with Crippen LogP contribution in [0.4, 0.5) is 5.69 Å². The fourth-order valence-electron chi connectivity index (χ4n) is 3.13. The quantitative estimate of drug-likeness (QED) is 0.481. The highest BCUT2D eigenvalue weighted by molar-refractivity contribution is 5.93. The van der Waals surface area contributed by atoms with Gasteiger partial charge in [0.15, 0.2) is 12.4 Å². The zero-order valence-corrected chi connectivity index (χ0v) is 16.0. The van der Waals surface area contributed by atoms with Gasteiger partial charge in [-0.25, -0.2) is 4.98 Å². The molecule has 29 heavy (non-hydrogen) atoms. The number of hydrogen-bond acceptors (Lipinski definition) is 5. The Bertz CT molecular complexity index is 1100. The molecule has 0 atom stereocenters. The predicted octanol–water partition coefficient (Wildman–Crippen LogP) is 3.09. The molecule has 4 rings (SSSR count). The molecule has 4 aromatic rings. The van der Waals surface area contributed by atoms with Gasteiger partial charge >= 0.3 is 0 Å². The van der Waals surface area contributed by atoms with Gasteiger partial charge in [-0.05, 0) is 30.3 Å². The van der Waals surface area contributed by atoms with E-state index in [2.05, 4.69) is 25.1 Å². The molecule has 0 saturated heterocycles. The molecule has 0 saturated carbocycles. The van der Waals surface area contributed by atoms with Gasteiger partial charge in [0, 0.05) is 36.5 Å². The number of fused-ring (bicyclic) bond motifs is 1. The van der Waals surface area contributed by atoms with E-state index in [1.807, 2.05) is 54.7 Å². The lowest BCUT2D eigenvalue weighted by molar-refractivity contribution is -0.118. The van der Waals surface area contributed by atoms with Crippen LogP contribution in [0.2, 0.25) is 0 Å². The Labute approximate surface area is 167 Å². The minimum Gasteiger partial charge on any atom is -0.483 e. The second-order valence-corrected chi connectivity index (χ2v) is 6.44. The van der Waals surface area contributed by atoms with Gasteiger partial charge in [0.1, 0.15) is 12.1 Å². The number of aromatic nitrogens is 4. The molecular weight excluding hydrogens is 370 g/mol. The lowest BCUT2D eigenvalue weighted by Gasteiger charge is -2.10. The van der Waals surface area contributed by atoms with Crippen LogP contribution in [-0.2, 0) is 16.1 Å². The second kappa shape index (κ2) is 8.57. The third-order valence-corrected chi connectivity index (χ3v) is 4.50. The molecule has 0 aliphatic heterocycles. The SMILES string of the molecule is COCCn1ccc2c(OCC(=O)Nc3cccc(-c4ncn[nH]4)c3)cccc21. The van der Waals surface area contributed by atoms with Crippen molar-refractivity contribution in [1.29, 1.82) is 0 Å². The van der Waals surface area contributed by atoms with Crippen molar-refractivity contribution in [1.82, 2.24) is 19.7 Å². The maximum absolute atomic E-state index is 12.4. The third-order valence-electron chi connectivity index (χ3n) is 4.50. The molecule has 1 amide bonds. The molecule has 2 aromatic heterocycles. The average Bonchev–Trinajstić information content (AvgIpc) is 3.41. The monoisotopic (exact) mass is 391 g/mol. The van der Waals surface area contributed by atoms with Crippen LogP contribution in [-0.4, -0.2) is 46.0 Å². The van der Waals surface area contributed by atoms with Crippen LogP contribution < -0.4 is 10.1 Å². The summed E-state index contributed by atoms with van der Waals surface area (Å²) in [7, 11) is 1.68. The first-order valence-corrected chi connectivity index (χ1v) is 9.20. The standard InChI is InChI=1S/C21H21N5O3/c1-28-11-10-26-9-8-17-18(26)6-3-7-19(17)29-13-20(27)24-16-5-2-4-15(12-16)21-22-14-23-25-21/h2-9,12,14H,10-11,13H2,1H3,(H,24,27)(H,22,23,25). The second-order valence-electron chi connectivity index (χ2n) is 6.44. The number of hydrogen-bond donors (Lipinski definition) is 2. The molecule has 0 unspecified atom stereocenters. The van der Waals surface area contributed by atoms with Gasteiger partial charge in [-0.15, -0.1) is 0 Å². The fourth-order valence-corrected chi connectivity index (χ4v) is 3.13. The Morgan fingerprint density at radius 3 is 2.93 bits per heavy atom. The fraction of sp³-hybridized carbons (Fsp3) is 0.190. The van der Waals surface area contributed by atoms with Gasteiger partial charge in [-0.3, -0.25) is 9.89 Å². The number of aromatic amines is 1. The summed E-state index contributed by atoms with van der Waals surface area (Å²) < 4.78 is 13.0. The molecule has 8 nitrogen and oxygen atoms in total. The predicted molar refractivity (Wildman–Crippen MR) is 110 cm³/mol. The van der Waals surface area contributed by atoms with Crippen molar-refractivity contribution in [2.45, 2.75) is 6.54 Å². The number of methoxy groups -OCH3 is 1. The van der Waals surface area contributed by atoms with E-state index in [4.69, 9.17) is 9.47 Å². The van der Waals surface area contributed by atoms with Gasteiger partial charge in [0.05, 0.1) is 12.1 Å². The van der Waals surface area contributed by atoms with Gasteiger partial charge in [-0.2, -0.15) is 5.10 Å². The number of rotatable bonds is 8. The van der Waals surface area contributed by atoms with Crippen LogP contribution >= 0.6 is 0 Å². The molecule has 0 bridgehead atoms. The van der Waals surface area contributed by atoms with E-state index in [1.54, 1.807) is 7.11 Å². The molecule has 0 aliphatic carbocycles. The van der Waals surface area contributed by atoms with Gasteiger partial charge in [-0.1, -0.05) is 18.2 Å². The number of nitrogens with one attached hydrogen (secondary N) is 2. The summed E-state index contributed by atoms with van der Waals surface area (Å²) in [5.74, 6) is 1.07. The van der Waals surface area contributed by atoms with Crippen molar-refractivity contribution in [3.05, 3.63) is 61.1 Å². The van der Waals surface area contributed by atoms with E-state index in [1.165, 1.54) is 6.33 Å². The zero-order valence-electron chi connectivity index (χ0n) is 16.0. The molecule has 2 aromatic carbocycles. The minimum atomic E-state index is -0.240. The van der Waals surface area contributed by atoms with Crippen molar-refractivity contribution in [2.75, 3.05) is 25.6 Å². The first-order valence-electron chi connectivity index (χ1n) is 9.20. The van der Waals surface area contributed by atoms with Crippen LogP contribution in [0.15, 0.2) is 61.1 Å². The number of benzene rings is 2. The summed E-state index contributed by atoms with van der Waals surface area (Å²) in [5.41, 5.74) is 2.54. The number of ether oxygens (including phenoxy) is 2. The summed E-state index contributed by atoms with van der Waals surface area (Å²) in [4.78, 5) is 16.5. The van der Waals surface area contributed by atoms with Crippen molar-refractivity contribution < 1.29 is 14.3 Å². The van der Waals surface area contributed by atoms with E-state index in [-0.39, 0.29) is 12.5 Å². The van der Waals surface area contributed by atoms with Crippen LogP contribution in [0.25, 0.3) is 22.3 Å². The van der Waals surface area contributed by atoms with Crippen LogP contribution in [0, 0.1) is 0 Å². The summed E-state index contributed by atoms with van der Waals surface area (Å²) in [6.07, 6.45) is 3.43. The number of amides is 1. The number of carbonyl (C=O) groups excluding carboxylic acids is 1. The molecular formula is C21H21N5O3. The van der Waals surface area contributed by atoms with Gasteiger partial charge < -0.3 is 19.4 Å². The Morgan fingerprint density at radius 1 is 1.21 bits per heavy atom. The molecule has 0 aliphatic rings. The summed E-state index contributed by atoms with van der Waals surface area (Å²) in [6, 6.07) is 15.2. The topological polar surface area (TPSA) is 94.1 Å². The highest BCUT2D eigenvalue weighted by Crippen LogP contribution is 2.26. The maximum Gasteiger partial charge on any atom is 0.262 e. The van der Waals surface area contributed by atoms with Crippen LogP contribution in [0.1, 0.15) is 0 Å². The maximum atomic E-state index is 12.4. The summed E-state index contributed by atoms with van der Waals surface area (Å²) in [5, 5.41) is 10.5. The number of anilines is 1. The van der Waals surface area contributed by atoms with Crippen molar-refractivity contribution in [3.63, 3.8) is 0 Å². The molecule has 0 fully saturated rings. The van der Waals surface area contributed by atoms with Gasteiger partial charge in [0.25, 0.3) is 5.91 Å². The summed E-state index contributed by atoms with van der Waals surface area (Å²) in [6.45, 7) is 1.30. The molecule has 0 spiro atoms. The van der Waals surface area contributed by atoms with Crippen LogP contribution in [0.5, 0.6) is 5.75 Å². The van der Waals surface area contributed by atoms with E-state index in [0.717, 1.165) is 23.0 Å². The Kier molecular flexibility index (Phi) is 5.53. The minimum absolute atomic E-state index is 0.0884. The lowest BCUT2D eigenvalue weighted by atomic mass is 10.2. The van der Waals surface area contributed by atoms with E-state index in [0.29, 0.717) is 23.9 Å². The Hall–Kier alpha value is -3.65. The van der Waals surface area contributed by atoms with Crippen molar-refractivity contribution in [2.24, 2.45) is 0 Å². The van der Waals surface area contributed by atoms with Crippen molar-refractivity contribution >= 4 is 22.5 Å². The highest BCUT2D eigenvalue weighted by atomic mass is 16.5. The first-order chi connectivity index (χ1) is 14.2. The Morgan fingerprint density at radius 2 is 2.10 bits per heavy atom. The average molecular weight is 391 g/mol. The van der Waals surface area contributed by atoms with Crippen molar-refractivity contribution in [3.8, 4) is 17.1 Å².